The summed E-state index contributed by atoms with van der Waals surface area (Å²) < 4.78 is 72.1. The zero-order valence-corrected chi connectivity index (χ0v) is 47.4. The molecule has 0 aromatic carbocycles. The number of carbonyl (C=O) groups is 4. The number of Topliss-reactive ketones (excluding diaryl/α,β-unsaturated/α-hetero) is 1. The number of carbonyl (C=O) groups excluding carboxylic acids is 4. The number of fused-ring (bicyclic) bond motifs is 1. The van der Waals surface area contributed by atoms with Gasteiger partial charge in [0.25, 0.3) is 15.6 Å². The van der Waals surface area contributed by atoms with Crippen molar-refractivity contribution in [3.63, 3.8) is 0 Å². The molecule has 78 heavy (non-hydrogen) atoms. The number of imidazole rings is 1. The van der Waals surface area contributed by atoms with Gasteiger partial charge in [-0.1, -0.05) is 96.2 Å². The molecule has 0 saturated carbocycles. The van der Waals surface area contributed by atoms with E-state index in [9.17, 15) is 72.9 Å². The normalized spacial score (nSPS) is 23.9. The van der Waals surface area contributed by atoms with Gasteiger partial charge in [0.05, 0.1) is 46.0 Å². The summed E-state index contributed by atoms with van der Waals surface area (Å²) in [4.78, 5) is 109. The number of ketones is 1. The first-order valence-electron chi connectivity index (χ1n) is 25.8. The maximum absolute atomic E-state index is 12.7. The summed E-state index contributed by atoms with van der Waals surface area (Å²) in [6, 6.07) is 0. The summed E-state index contributed by atoms with van der Waals surface area (Å²) >= 11 is 0.912. The number of nitrogen functional groups attached to an aromatic ring is 1. The molecule has 2 amide bonds. The smallest absolute Gasteiger partial charge is 0.274 e. The summed E-state index contributed by atoms with van der Waals surface area (Å²) in [5.74, 6) is -1.58. The number of nitrogens with one attached hydrogen (secondary N) is 2. The number of nitrogens with two attached hydrogens (primary N) is 1. The first-order chi connectivity index (χ1) is 36.7. The Balaban J connectivity index is 0.995. The molecule has 33 heteroatoms. The van der Waals surface area contributed by atoms with Crippen LogP contribution in [0, 0.1) is 5.41 Å². The van der Waals surface area contributed by atoms with Gasteiger partial charge in [-0.05, 0) is 19.8 Å². The van der Waals surface area contributed by atoms with E-state index in [0.29, 0.717) is 19.4 Å². The predicted octanol–water partition coefficient (Wildman–Crippen LogP) is 0.431. The monoisotopic (exact) mass is 1190 g/mol. The van der Waals surface area contributed by atoms with Gasteiger partial charge in [-0.25, -0.2) is 19.3 Å². The highest BCUT2D eigenvalue weighted by molar-refractivity contribution is 8.13. The molecule has 0 spiro atoms. The van der Waals surface area contributed by atoms with E-state index in [4.69, 9.17) is 19.9 Å². The van der Waals surface area contributed by atoms with Crippen LogP contribution < -0.4 is 35.9 Å². The lowest BCUT2D eigenvalue weighted by atomic mass is 9.87. The molecule has 446 valence electrons. The van der Waals surface area contributed by atoms with Gasteiger partial charge in [0.15, 0.2) is 29.1 Å². The van der Waals surface area contributed by atoms with Crippen molar-refractivity contribution in [1.29, 1.82) is 0 Å². The third-order valence-electron chi connectivity index (χ3n) is 12.7. The number of anilines is 1. The Kier molecular flexibility index (Phi) is 28.3. The molecule has 2 unspecified atom stereocenters. The summed E-state index contributed by atoms with van der Waals surface area (Å²) in [5, 5.41) is 45.8. The number of rotatable bonds is 38. The van der Waals surface area contributed by atoms with E-state index < -0.39 is 103 Å². The zero-order chi connectivity index (χ0) is 57.7. The number of nitrogens with zero attached hydrogens (tertiary/aromatic N) is 4. The van der Waals surface area contributed by atoms with Crippen LogP contribution in [0.4, 0.5) is 5.82 Å². The molecular weight excluding hydrogens is 1120 g/mol. The molecule has 2 fully saturated rings. The van der Waals surface area contributed by atoms with E-state index in [1.54, 1.807) is 6.92 Å². The van der Waals surface area contributed by atoms with E-state index in [2.05, 4.69) is 43.5 Å². The quantitative estimate of drug-likeness (QED) is 0.0272. The van der Waals surface area contributed by atoms with Crippen LogP contribution in [0.25, 0.3) is 11.2 Å². The molecular formula is C45H74N7O22P3S-4. The number of amides is 2. The van der Waals surface area contributed by atoms with Crippen molar-refractivity contribution >= 4 is 74.9 Å². The second kappa shape index (κ2) is 32.6. The SMILES string of the molecule is C[C@@H]1O[C@@H](OCCCCCCCCCCCCCCCC(=O)CC(=O)SCCNC(=O)CCNC(=O)[C@H](O)C(C)(C)COP(=O)([O-])OP(=O)([O-])OC[C@H]2O[C@@H](n3cnc4c(N)ncnc43)[C@H](O)[C@@H]2OP(=O)([O-])[O-])[C@H](O)C[C@H]1O. The highest BCUT2D eigenvalue weighted by Gasteiger charge is 2.47. The highest BCUT2D eigenvalue weighted by atomic mass is 32.2. The van der Waals surface area contributed by atoms with Crippen LogP contribution in [0.5, 0.6) is 0 Å². The molecule has 4 heterocycles. The van der Waals surface area contributed by atoms with Crippen molar-refractivity contribution in [2.24, 2.45) is 5.41 Å². The molecule has 4 rings (SSSR count). The number of aliphatic hydroxyl groups is 4. The van der Waals surface area contributed by atoms with Crippen LogP contribution in [0.2, 0.25) is 0 Å². The Morgan fingerprint density at radius 1 is 0.846 bits per heavy atom. The molecule has 2 aliphatic heterocycles. The Morgan fingerprint density at radius 3 is 2.10 bits per heavy atom. The number of aliphatic hydroxyl groups excluding tert-OH is 4. The van der Waals surface area contributed by atoms with Crippen LogP contribution >= 0.6 is 35.2 Å². The summed E-state index contributed by atoms with van der Waals surface area (Å²) in [6.45, 7) is 2.17. The lowest BCUT2D eigenvalue weighted by molar-refractivity contribution is -0.347. The maximum atomic E-state index is 12.7. The van der Waals surface area contributed by atoms with Crippen LogP contribution in [-0.4, -0.2) is 150 Å². The summed E-state index contributed by atoms with van der Waals surface area (Å²) in [6.07, 6.45) is 4.05. The molecule has 2 saturated heterocycles. The van der Waals surface area contributed by atoms with Gasteiger partial charge in [-0.15, -0.1) is 0 Å². The standard InChI is InChI=1S/C45H78N7O22P3S/c1-29-31(54)24-32(55)44(71-29)68-21-16-14-12-10-8-6-4-5-7-9-11-13-15-17-30(53)23-35(57)78-22-20-47-34(56)18-19-48-42(60)39(59)45(2,3)26-70-77(66,67)74-76(64,65)69-25-33-38(73-75(61,62)63)37(58)43(72-33)52-28-51-36-40(46)49-27-50-41(36)52/h27-29,31-33,37-39,43-44,54-55,58-59H,4-26H2,1-3H3,(H,47,56)(H,48,60)(H,64,65)(H,66,67)(H2,46,49,50)(H2,61,62,63)/p-4/t29-,31+,32+,33+,37+,38+,39-,43+,44+/m0/s1. The lowest BCUT2D eigenvalue weighted by Gasteiger charge is -2.36. The Bertz CT molecular complexity index is 2370. The fourth-order valence-corrected chi connectivity index (χ4v) is 11.7. The third-order valence-corrected chi connectivity index (χ3v) is 16.5. The number of ether oxygens (including phenoxy) is 3. The molecule has 0 aliphatic carbocycles. The number of hydrogen-bond acceptors (Lipinski definition) is 27. The minimum absolute atomic E-state index is 0.0306. The van der Waals surface area contributed by atoms with E-state index in [0.717, 1.165) is 73.9 Å². The number of unbranched alkanes of at least 4 members (excludes halogenated alkanes) is 12. The molecule has 2 aromatic heterocycles. The van der Waals surface area contributed by atoms with Gasteiger partial charge in [-0.2, -0.15) is 0 Å². The minimum Gasteiger partial charge on any atom is -0.790 e. The largest absolute Gasteiger partial charge is 0.790 e. The van der Waals surface area contributed by atoms with Crippen LogP contribution in [0.1, 0.15) is 136 Å². The average molecular weight is 1190 g/mol. The van der Waals surface area contributed by atoms with Crippen molar-refractivity contribution in [3.05, 3.63) is 12.7 Å². The zero-order valence-electron chi connectivity index (χ0n) is 43.9. The first kappa shape index (κ1) is 67.6. The lowest BCUT2D eigenvalue weighted by Crippen LogP contribution is -2.47. The predicted molar refractivity (Wildman–Crippen MR) is 269 cm³/mol. The van der Waals surface area contributed by atoms with Crippen molar-refractivity contribution in [2.75, 3.05) is 44.4 Å². The van der Waals surface area contributed by atoms with Crippen LogP contribution in [-0.2, 0) is 65.0 Å². The summed E-state index contributed by atoms with van der Waals surface area (Å²) in [7, 11) is -17.7. The van der Waals surface area contributed by atoms with Crippen molar-refractivity contribution in [2.45, 2.75) is 185 Å². The van der Waals surface area contributed by atoms with Crippen LogP contribution in [0.15, 0.2) is 12.7 Å². The second-order valence-corrected chi connectivity index (χ2v) is 24.9. The van der Waals surface area contributed by atoms with Gasteiger partial charge >= 0.3 is 0 Å². The van der Waals surface area contributed by atoms with Crippen molar-refractivity contribution in [1.82, 2.24) is 30.2 Å². The molecule has 11 atom stereocenters. The van der Waals surface area contributed by atoms with Crippen molar-refractivity contribution < 1.29 is 105 Å². The average Bonchev–Trinajstić information content (AvgIpc) is 3.94. The van der Waals surface area contributed by atoms with Gasteiger partial charge in [0, 0.05) is 50.1 Å². The van der Waals surface area contributed by atoms with E-state index >= 15 is 0 Å². The Morgan fingerprint density at radius 2 is 1.46 bits per heavy atom. The van der Waals surface area contributed by atoms with Gasteiger partial charge in [-0.3, -0.25) is 32.9 Å². The fraction of sp³-hybridized carbons (Fsp3) is 0.800. The molecule has 0 bridgehead atoms. The Hall–Kier alpha value is -2.93. The third kappa shape index (κ3) is 23.9. The second-order valence-electron chi connectivity index (χ2n) is 19.7. The molecule has 0 radical (unpaired) electrons. The molecule has 29 nitrogen and oxygen atoms in total. The molecule has 8 N–H and O–H groups in total. The summed E-state index contributed by atoms with van der Waals surface area (Å²) in [5.41, 5.74) is 4.03. The minimum atomic E-state index is -5.95. The first-order valence-corrected chi connectivity index (χ1v) is 31.2. The van der Waals surface area contributed by atoms with E-state index in [1.165, 1.54) is 46.0 Å². The van der Waals surface area contributed by atoms with E-state index in [-0.39, 0.29) is 72.1 Å². The number of hydrogen-bond donors (Lipinski definition) is 7. The van der Waals surface area contributed by atoms with Gasteiger partial charge in [0.1, 0.15) is 48.1 Å². The van der Waals surface area contributed by atoms with E-state index in [1.807, 2.05) is 0 Å². The number of aromatic nitrogens is 4. The van der Waals surface area contributed by atoms with Crippen LogP contribution in [0.3, 0.4) is 0 Å². The molecule has 2 aromatic rings. The Labute approximate surface area is 456 Å². The van der Waals surface area contributed by atoms with Gasteiger partial charge in [0.2, 0.25) is 11.8 Å². The fourth-order valence-electron chi connectivity index (χ4n) is 8.23. The number of phosphoric ester groups is 3. The van der Waals surface area contributed by atoms with Crippen molar-refractivity contribution in [3.8, 4) is 0 Å². The maximum Gasteiger partial charge on any atom is 0.274 e. The number of thioether (sulfide) groups is 1. The highest BCUT2D eigenvalue weighted by Crippen LogP contribution is 2.56. The number of phosphoric acid groups is 3. The molecule has 2 aliphatic rings. The topological polar surface area (TPSA) is 451 Å². The van der Waals surface area contributed by atoms with Gasteiger partial charge < -0.3 is 88.7 Å².